The standard InChI is InChI=1S/C27H30N4O3/c1-19-7-12-24(29-18-19)30-21-8-10-22(11-9-21)33-25-23(6-5-15-28-25)20-13-16-31(17-14-20)26(32)34-27(2,3)4/h5-13,15,18H,14,16-17H2,1-4H3,(H,29,30). The van der Waals surface area contributed by atoms with E-state index in [0.29, 0.717) is 31.1 Å². The van der Waals surface area contributed by atoms with Gasteiger partial charge in [0.1, 0.15) is 17.2 Å². The molecule has 3 heterocycles. The second-order valence-electron chi connectivity index (χ2n) is 9.23. The highest BCUT2D eigenvalue weighted by atomic mass is 16.6. The maximum absolute atomic E-state index is 12.4. The third-order valence-electron chi connectivity index (χ3n) is 5.23. The minimum atomic E-state index is -0.507. The number of aromatic nitrogens is 2. The summed E-state index contributed by atoms with van der Waals surface area (Å²) in [6, 6.07) is 15.5. The monoisotopic (exact) mass is 458 g/mol. The summed E-state index contributed by atoms with van der Waals surface area (Å²) >= 11 is 0. The van der Waals surface area contributed by atoms with Gasteiger partial charge in [-0.1, -0.05) is 12.1 Å². The zero-order chi connectivity index (χ0) is 24.1. The zero-order valence-electron chi connectivity index (χ0n) is 20.0. The maximum Gasteiger partial charge on any atom is 0.410 e. The minimum absolute atomic E-state index is 0.292. The lowest BCUT2D eigenvalue weighted by Gasteiger charge is -2.29. The highest BCUT2D eigenvalue weighted by molar-refractivity contribution is 5.74. The van der Waals surface area contributed by atoms with E-state index < -0.39 is 5.60 Å². The van der Waals surface area contributed by atoms with Crippen LogP contribution in [0.5, 0.6) is 11.6 Å². The van der Waals surface area contributed by atoms with E-state index in [0.717, 1.165) is 28.2 Å². The summed E-state index contributed by atoms with van der Waals surface area (Å²) in [6.07, 6.45) is 6.00. The fourth-order valence-electron chi connectivity index (χ4n) is 3.53. The normalized spacial score (nSPS) is 13.8. The molecule has 4 rings (SSSR count). The predicted molar refractivity (Wildman–Crippen MR) is 133 cm³/mol. The van der Waals surface area contributed by atoms with Crippen LogP contribution in [0.1, 0.15) is 38.3 Å². The fraction of sp³-hybridized carbons (Fsp3) is 0.296. The zero-order valence-corrected chi connectivity index (χ0v) is 20.0. The van der Waals surface area contributed by atoms with Crippen LogP contribution in [0.2, 0.25) is 0 Å². The van der Waals surface area contributed by atoms with Gasteiger partial charge < -0.3 is 19.7 Å². The molecule has 0 aliphatic carbocycles. The van der Waals surface area contributed by atoms with Crippen molar-refractivity contribution >= 4 is 23.2 Å². The number of ether oxygens (including phenoxy) is 2. The van der Waals surface area contributed by atoms with Gasteiger partial charge in [0.2, 0.25) is 5.88 Å². The summed E-state index contributed by atoms with van der Waals surface area (Å²) in [5.41, 5.74) is 3.56. The molecule has 1 amide bonds. The van der Waals surface area contributed by atoms with Crippen LogP contribution >= 0.6 is 0 Å². The number of benzene rings is 1. The third kappa shape index (κ3) is 6.13. The number of rotatable bonds is 5. The van der Waals surface area contributed by atoms with Crippen LogP contribution in [-0.2, 0) is 4.74 Å². The number of carbonyl (C=O) groups is 1. The summed E-state index contributed by atoms with van der Waals surface area (Å²) in [6.45, 7) is 8.70. The number of hydrogen-bond acceptors (Lipinski definition) is 6. The van der Waals surface area contributed by atoms with Gasteiger partial charge in [-0.15, -0.1) is 0 Å². The van der Waals surface area contributed by atoms with Crippen LogP contribution in [-0.4, -0.2) is 39.7 Å². The first-order chi connectivity index (χ1) is 16.3. The Balaban J connectivity index is 1.43. The molecule has 1 N–H and O–H groups in total. The van der Waals surface area contributed by atoms with Gasteiger partial charge in [0.15, 0.2) is 0 Å². The lowest BCUT2D eigenvalue weighted by atomic mass is 10.0. The number of nitrogens with zero attached hydrogens (tertiary/aromatic N) is 3. The Morgan fingerprint density at radius 3 is 2.50 bits per heavy atom. The van der Waals surface area contributed by atoms with Gasteiger partial charge in [0, 0.05) is 36.7 Å². The van der Waals surface area contributed by atoms with Gasteiger partial charge in [-0.25, -0.2) is 14.8 Å². The maximum atomic E-state index is 12.4. The number of nitrogens with one attached hydrogen (secondary N) is 1. The van der Waals surface area contributed by atoms with Gasteiger partial charge in [0.25, 0.3) is 0 Å². The Morgan fingerprint density at radius 2 is 1.85 bits per heavy atom. The van der Waals surface area contributed by atoms with Gasteiger partial charge in [0.05, 0.1) is 0 Å². The molecule has 0 unspecified atom stereocenters. The molecule has 2 aromatic heterocycles. The molecule has 0 fully saturated rings. The SMILES string of the molecule is Cc1ccc(Nc2ccc(Oc3ncccc3C3=CCN(C(=O)OC(C)(C)C)CC3)cc2)nc1. The van der Waals surface area contributed by atoms with Crippen molar-refractivity contribution in [2.24, 2.45) is 0 Å². The van der Waals surface area contributed by atoms with E-state index in [1.807, 2.05) is 88.5 Å². The van der Waals surface area contributed by atoms with E-state index in [2.05, 4.69) is 15.3 Å². The van der Waals surface area contributed by atoms with Gasteiger partial charge in [-0.05, 0) is 87.7 Å². The molecule has 34 heavy (non-hydrogen) atoms. The Morgan fingerprint density at radius 1 is 1.06 bits per heavy atom. The Bertz CT molecular complexity index is 1170. The number of pyridine rings is 2. The fourth-order valence-corrected chi connectivity index (χ4v) is 3.53. The summed E-state index contributed by atoms with van der Waals surface area (Å²) < 4.78 is 11.6. The van der Waals surface area contributed by atoms with E-state index in [1.165, 1.54) is 0 Å². The molecule has 0 saturated heterocycles. The molecular weight excluding hydrogens is 428 g/mol. The second kappa shape index (κ2) is 9.95. The van der Waals surface area contributed by atoms with Crippen molar-refractivity contribution in [1.82, 2.24) is 14.9 Å². The topological polar surface area (TPSA) is 76.6 Å². The number of aryl methyl sites for hydroxylation is 1. The molecule has 1 aliphatic heterocycles. The molecule has 7 heteroatoms. The van der Waals surface area contributed by atoms with Gasteiger partial charge in [-0.3, -0.25) is 0 Å². The van der Waals surface area contributed by atoms with Crippen LogP contribution in [0.15, 0.2) is 67.0 Å². The molecule has 7 nitrogen and oxygen atoms in total. The lowest BCUT2D eigenvalue weighted by molar-refractivity contribution is 0.0270. The number of anilines is 2. The predicted octanol–water partition coefficient (Wildman–Crippen LogP) is 6.35. The van der Waals surface area contributed by atoms with Crippen LogP contribution in [0.25, 0.3) is 5.57 Å². The van der Waals surface area contributed by atoms with Crippen LogP contribution in [0.4, 0.5) is 16.3 Å². The van der Waals surface area contributed by atoms with Crippen molar-refractivity contribution in [3.8, 4) is 11.6 Å². The molecule has 0 spiro atoms. The molecular formula is C27H30N4O3. The average Bonchev–Trinajstić information content (AvgIpc) is 2.81. The Hall–Kier alpha value is -3.87. The van der Waals surface area contributed by atoms with Crippen molar-refractivity contribution in [3.05, 3.63) is 78.1 Å². The molecule has 1 aromatic carbocycles. The quantitative estimate of drug-likeness (QED) is 0.480. The molecule has 1 aliphatic rings. The van der Waals surface area contributed by atoms with E-state index in [9.17, 15) is 4.79 Å². The number of hydrogen-bond donors (Lipinski definition) is 1. The summed E-state index contributed by atoms with van der Waals surface area (Å²) in [4.78, 5) is 22.9. The van der Waals surface area contributed by atoms with Crippen molar-refractivity contribution in [1.29, 1.82) is 0 Å². The van der Waals surface area contributed by atoms with E-state index >= 15 is 0 Å². The molecule has 0 radical (unpaired) electrons. The van der Waals surface area contributed by atoms with Crippen LogP contribution in [0, 0.1) is 6.92 Å². The smallest absolute Gasteiger partial charge is 0.410 e. The average molecular weight is 459 g/mol. The second-order valence-corrected chi connectivity index (χ2v) is 9.23. The van der Waals surface area contributed by atoms with Crippen LogP contribution < -0.4 is 10.1 Å². The van der Waals surface area contributed by atoms with E-state index in [-0.39, 0.29) is 6.09 Å². The Kier molecular flexibility index (Phi) is 6.82. The minimum Gasteiger partial charge on any atom is -0.444 e. The van der Waals surface area contributed by atoms with Crippen molar-refractivity contribution in [3.63, 3.8) is 0 Å². The van der Waals surface area contributed by atoms with Crippen molar-refractivity contribution < 1.29 is 14.3 Å². The molecule has 0 atom stereocenters. The van der Waals surface area contributed by atoms with E-state index in [1.54, 1.807) is 11.1 Å². The highest BCUT2D eigenvalue weighted by Crippen LogP contribution is 2.32. The first-order valence-electron chi connectivity index (χ1n) is 11.4. The van der Waals surface area contributed by atoms with Crippen LogP contribution in [0.3, 0.4) is 0 Å². The Labute approximate surface area is 200 Å². The molecule has 176 valence electrons. The molecule has 3 aromatic rings. The van der Waals surface area contributed by atoms with Gasteiger partial charge >= 0.3 is 6.09 Å². The highest BCUT2D eigenvalue weighted by Gasteiger charge is 2.24. The number of carbonyl (C=O) groups excluding carboxylic acids is 1. The van der Waals surface area contributed by atoms with Gasteiger partial charge in [-0.2, -0.15) is 0 Å². The summed E-state index contributed by atoms with van der Waals surface area (Å²) in [7, 11) is 0. The third-order valence-corrected chi connectivity index (χ3v) is 5.23. The largest absolute Gasteiger partial charge is 0.444 e. The number of amides is 1. The summed E-state index contributed by atoms with van der Waals surface area (Å²) in [5.74, 6) is 2.02. The van der Waals surface area contributed by atoms with Crippen molar-refractivity contribution in [2.45, 2.75) is 39.7 Å². The van der Waals surface area contributed by atoms with E-state index in [4.69, 9.17) is 9.47 Å². The first kappa shape index (κ1) is 23.3. The molecule has 0 saturated carbocycles. The molecule has 0 bridgehead atoms. The first-order valence-corrected chi connectivity index (χ1v) is 11.4. The van der Waals surface area contributed by atoms with Crippen molar-refractivity contribution in [2.75, 3.05) is 18.4 Å². The summed E-state index contributed by atoms with van der Waals surface area (Å²) in [5, 5.41) is 3.28. The lowest BCUT2D eigenvalue weighted by Crippen LogP contribution is -2.39.